The van der Waals surface area contributed by atoms with Crippen LogP contribution in [0.25, 0.3) is 5.69 Å². The number of likely N-dealkylation sites (N-methyl/N-ethyl adjacent to an activating group) is 1. The third-order valence-corrected chi connectivity index (χ3v) is 6.60. The van der Waals surface area contributed by atoms with Crippen LogP contribution in [0.2, 0.25) is 5.15 Å². The van der Waals surface area contributed by atoms with Gasteiger partial charge in [0.15, 0.2) is 11.5 Å². The number of carboxylic acids is 1. The SMILES string of the molecule is C[C@@H]1CN(c2cc(F)c(-n3cc(C(=O)O)nn3)cc2NC(=O)c2cnc(Cl)cc2C(F)(F)F)C[C@H](C)N1C. The molecular weight excluding hydrogens is 534 g/mol. The Morgan fingerprint density at radius 1 is 1.13 bits per heavy atom. The minimum atomic E-state index is -4.90. The number of rotatable bonds is 5. The van der Waals surface area contributed by atoms with E-state index in [1.165, 1.54) is 0 Å². The Labute approximate surface area is 218 Å². The van der Waals surface area contributed by atoms with E-state index in [9.17, 15) is 22.8 Å². The molecule has 1 fully saturated rings. The van der Waals surface area contributed by atoms with Crippen LogP contribution in [0.5, 0.6) is 0 Å². The minimum Gasteiger partial charge on any atom is -0.476 e. The van der Waals surface area contributed by atoms with Crippen LogP contribution in [0.15, 0.2) is 30.6 Å². The number of carboxylic acid groups (broad SMARTS) is 1. The van der Waals surface area contributed by atoms with E-state index in [0.29, 0.717) is 25.4 Å². The predicted molar refractivity (Wildman–Crippen MR) is 129 cm³/mol. The Kier molecular flexibility index (Phi) is 7.30. The number of carbonyl (C=O) groups is 2. The lowest BCUT2D eigenvalue weighted by Crippen LogP contribution is -2.55. The van der Waals surface area contributed by atoms with Crippen LogP contribution >= 0.6 is 11.6 Å². The maximum absolute atomic E-state index is 15.3. The Balaban J connectivity index is 1.81. The summed E-state index contributed by atoms with van der Waals surface area (Å²) in [6.45, 7) is 4.80. The molecule has 0 radical (unpaired) electrons. The summed E-state index contributed by atoms with van der Waals surface area (Å²) in [4.78, 5) is 31.8. The van der Waals surface area contributed by atoms with Crippen LogP contribution in [0.3, 0.4) is 0 Å². The average molecular weight is 556 g/mol. The number of aromatic nitrogens is 4. The zero-order chi connectivity index (χ0) is 27.9. The van der Waals surface area contributed by atoms with Gasteiger partial charge in [0.1, 0.15) is 10.8 Å². The van der Waals surface area contributed by atoms with Gasteiger partial charge in [0, 0.05) is 37.4 Å². The van der Waals surface area contributed by atoms with Gasteiger partial charge in [-0.15, -0.1) is 5.10 Å². The number of piperazine rings is 1. The van der Waals surface area contributed by atoms with Gasteiger partial charge in [-0.1, -0.05) is 16.8 Å². The zero-order valence-corrected chi connectivity index (χ0v) is 21.0. The van der Waals surface area contributed by atoms with Crippen molar-refractivity contribution in [2.45, 2.75) is 32.1 Å². The fourth-order valence-corrected chi connectivity index (χ4v) is 4.36. The van der Waals surface area contributed by atoms with Gasteiger partial charge in [-0.2, -0.15) is 13.2 Å². The number of benzene rings is 1. The average Bonchev–Trinajstić information content (AvgIpc) is 3.33. The Morgan fingerprint density at radius 2 is 1.79 bits per heavy atom. The lowest BCUT2D eigenvalue weighted by Gasteiger charge is -2.44. The summed E-state index contributed by atoms with van der Waals surface area (Å²) in [5.41, 5.74) is -2.60. The normalized spacial score (nSPS) is 18.5. The maximum Gasteiger partial charge on any atom is 0.417 e. The Bertz CT molecular complexity index is 1390. The first-order valence-electron chi connectivity index (χ1n) is 11.3. The van der Waals surface area contributed by atoms with Crippen molar-refractivity contribution in [3.8, 4) is 5.69 Å². The molecule has 38 heavy (non-hydrogen) atoms. The number of anilines is 2. The van der Waals surface area contributed by atoms with E-state index in [4.69, 9.17) is 16.7 Å². The highest BCUT2D eigenvalue weighted by Gasteiger charge is 2.36. The van der Waals surface area contributed by atoms with E-state index in [2.05, 4.69) is 25.5 Å². The van der Waals surface area contributed by atoms with Crippen molar-refractivity contribution in [3.05, 3.63) is 58.4 Å². The molecule has 10 nitrogen and oxygen atoms in total. The van der Waals surface area contributed by atoms with Gasteiger partial charge >= 0.3 is 12.1 Å². The van der Waals surface area contributed by atoms with Crippen molar-refractivity contribution in [1.29, 1.82) is 0 Å². The summed E-state index contributed by atoms with van der Waals surface area (Å²) in [7, 11) is 1.94. The number of carbonyl (C=O) groups excluding carboxylic acids is 1. The van der Waals surface area contributed by atoms with Gasteiger partial charge < -0.3 is 15.3 Å². The molecule has 2 atom stereocenters. The first kappa shape index (κ1) is 27.3. The molecule has 15 heteroatoms. The molecule has 0 saturated carbocycles. The molecule has 3 heterocycles. The molecule has 202 valence electrons. The second-order valence-electron chi connectivity index (χ2n) is 8.95. The van der Waals surface area contributed by atoms with E-state index in [0.717, 1.165) is 23.0 Å². The largest absolute Gasteiger partial charge is 0.476 e. The first-order valence-corrected chi connectivity index (χ1v) is 11.6. The highest BCUT2D eigenvalue weighted by Crippen LogP contribution is 2.36. The quantitative estimate of drug-likeness (QED) is 0.359. The Hall–Kier alpha value is -3.78. The molecule has 3 aromatic rings. The molecule has 0 aliphatic carbocycles. The van der Waals surface area contributed by atoms with Gasteiger partial charge in [-0.25, -0.2) is 18.9 Å². The van der Waals surface area contributed by atoms with Crippen molar-refractivity contribution < 1.29 is 32.3 Å². The minimum absolute atomic E-state index is 0.0224. The second kappa shape index (κ2) is 10.2. The van der Waals surface area contributed by atoms with Crippen LogP contribution in [-0.4, -0.2) is 74.1 Å². The molecule has 2 aromatic heterocycles. The van der Waals surface area contributed by atoms with Crippen molar-refractivity contribution >= 4 is 34.9 Å². The van der Waals surface area contributed by atoms with Gasteiger partial charge in [0.25, 0.3) is 5.91 Å². The second-order valence-corrected chi connectivity index (χ2v) is 9.33. The van der Waals surface area contributed by atoms with Gasteiger partial charge in [-0.3, -0.25) is 9.69 Å². The van der Waals surface area contributed by atoms with E-state index in [-0.39, 0.29) is 29.1 Å². The maximum atomic E-state index is 15.3. The number of pyridine rings is 1. The molecule has 2 N–H and O–H groups in total. The van der Waals surface area contributed by atoms with Crippen LogP contribution in [0.4, 0.5) is 28.9 Å². The first-order chi connectivity index (χ1) is 17.8. The predicted octanol–water partition coefficient (Wildman–Crippen LogP) is 3.95. The summed E-state index contributed by atoms with van der Waals surface area (Å²) in [5.74, 6) is -3.36. The fourth-order valence-electron chi connectivity index (χ4n) is 4.20. The fraction of sp³-hybridized carbons (Fsp3) is 0.348. The van der Waals surface area contributed by atoms with Crippen LogP contribution in [0, 0.1) is 5.82 Å². The van der Waals surface area contributed by atoms with E-state index in [1.54, 1.807) is 0 Å². The molecule has 4 rings (SSSR count). The molecule has 0 spiro atoms. The topological polar surface area (TPSA) is 116 Å². The molecule has 0 bridgehead atoms. The number of hydrogen-bond donors (Lipinski definition) is 2. The number of hydrogen-bond acceptors (Lipinski definition) is 7. The molecule has 1 aliphatic rings. The number of aromatic carboxylic acids is 1. The molecular formula is C23H22ClF4N7O3. The Morgan fingerprint density at radius 3 is 2.37 bits per heavy atom. The summed E-state index contributed by atoms with van der Waals surface area (Å²) in [6, 6.07) is 2.89. The third-order valence-electron chi connectivity index (χ3n) is 6.39. The number of nitrogens with one attached hydrogen (secondary N) is 1. The third kappa shape index (κ3) is 5.41. The summed E-state index contributed by atoms with van der Waals surface area (Å²) < 4.78 is 57.1. The standard InChI is InChI=1S/C23H22ClF4N7O3/c1-11-8-34(9-12(2)33(11)3)19-5-15(25)18(35-10-17(22(37)38)31-32-35)6-16(19)30-21(36)13-7-29-20(24)4-14(13)23(26,27)28/h4-7,10-12H,8-9H2,1-3H3,(H,30,36)(H,37,38)/t11-,12+. The van der Waals surface area contributed by atoms with Crippen molar-refractivity contribution in [1.82, 2.24) is 24.9 Å². The van der Waals surface area contributed by atoms with Crippen molar-refractivity contribution in [2.75, 3.05) is 30.4 Å². The van der Waals surface area contributed by atoms with Crippen LogP contribution in [-0.2, 0) is 6.18 Å². The number of amides is 1. The summed E-state index contributed by atoms with van der Waals surface area (Å²) in [5, 5.41) is 18.2. The molecule has 1 aromatic carbocycles. The van der Waals surface area contributed by atoms with Crippen molar-refractivity contribution in [2.24, 2.45) is 0 Å². The smallest absolute Gasteiger partial charge is 0.417 e. The number of nitrogens with zero attached hydrogens (tertiary/aromatic N) is 6. The highest BCUT2D eigenvalue weighted by molar-refractivity contribution is 6.29. The van der Waals surface area contributed by atoms with Gasteiger partial charge in [0.2, 0.25) is 0 Å². The highest BCUT2D eigenvalue weighted by atomic mass is 35.5. The molecule has 1 amide bonds. The summed E-state index contributed by atoms with van der Waals surface area (Å²) >= 11 is 5.63. The van der Waals surface area contributed by atoms with E-state index >= 15 is 4.39 Å². The van der Waals surface area contributed by atoms with Crippen molar-refractivity contribution in [3.63, 3.8) is 0 Å². The summed E-state index contributed by atoms with van der Waals surface area (Å²) in [6.07, 6.45) is -3.22. The number of halogens is 5. The zero-order valence-electron chi connectivity index (χ0n) is 20.3. The van der Waals surface area contributed by atoms with E-state index in [1.807, 2.05) is 25.8 Å². The number of alkyl halides is 3. The van der Waals surface area contributed by atoms with Gasteiger partial charge in [-0.05, 0) is 33.0 Å². The lowest BCUT2D eigenvalue weighted by molar-refractivity contribution is -0.138. The van der Waals surface area contributed by atoms with Crippen LogP contribution < -0.4 is 10.2 Å². The van der Waals surface area contributed by atoms with Crippen LogP contribution in [0.1, 0.15) is 40.3 Å². The molecule has 1 saturated heterocycles. The lowest BCUT2D eigenvalue weighted by atomic mass is 10.1. The molecule has 0 unspecified atom stereocenters. The van der Waals surface area contributed by atoms with Gasteiger partial charge in [0.05, 0.1) is 28.7 Å². The molecule has 1 aliphatic heterocycles. The monoisotopic (exact) mass is 555 g/mol. The van der Waals surface area contributed by atoms with E-state index < -0.39 is 45.8 Å².